The van der Waals surface area contributed by atoms with Crippen LogP contribution < -0.4 is 4.46 Å². The van der Waals surface area contributed by atoms with Crippen molar-refractivity contribution in [3.8, 4) is 0 Å². The van der Waals surface area contributed by atoms with Crippen LogP contribution in [0, 0.1) is 0 Å². The molecule has 2 atom stereocenters. The van der Waals surface area contributed by atoms with E-state index >= 15 is 0 Å². The zero-order valence-corrected chi connectivity index (χ0v) is 12.8. The van der Waals surface area contributed by atoms with Crippen molar-refractivity contribution in [2.24, 2.45) is 0 Å². The molecular weight excluding hydrogens is 315 g/mol. The van der Waals surface area contributed by atoms with Gasteiger partial charge in [0.15, 0.2) is 0 Å². The molecule has 0 bridgehead atoms. The molecule has 0 amide bonds. The van der Waals surface area contributed by atoms with Crippen LogP contribution in [0.1, 0.15) is 17.9 Å². The normalized spacial score (nSPS) is 21.7. The van der Waals surface area contributed by atoms with Crippen molar-refractivity contribution in [1.82, 2.24) is 0 Å². The van der Waals surface area contributed by atoms with Crippen molar-refractivity contribution in [3.05, 3.63) is 66.2 Å². The minimum absolute atomic E-state index is 0.0325. The summed E-state index contributed by atoms with van der Waals surface area (Å²) in [5.74, 6) is 0.155. The van der Waals surface area contributed by atoms with E-state index in [1.807, 2.05) is 24.3 Å². The molecule has 0 radical (unpaired) electrons. The second-order valence-electron chi connectivity index (χ2n) is 4.87. The monoisotopic (exact) mass is 332 g/mol. The second-order valence-corrected chi connectivity index (χ2v) is 7.17. The third kappa shape index (κ3) is 3.12. The molecule has 1 aliphatic rings. The number of carbonyl (C=O) groups excluding carboxylic acids is 1. The van der Waals surface area contributed by atoms with E-state index in [4.69, 9.17) is 4.74 Å². The number of hydrogen-bond acceptors (Lipinski definition) is 2. The molecule has 102 valence electrons. The van der Waals surface area contributed by atoms with Crippen LogP contribution in [0.3, 0.4) is 0 Å². The third-order valence-corrected chi connectivity index (χ3v) is 5.81. The Bertz CT molecular complexity index is 568. The van der Waals surface area contributed by atoms with Crippen LogP contribution >= 0.6 is 0 Å². The number of ether oxygens (including phenoxy) is 1. The Kier molecular flexibility index (Phi) is 4.19. The number of cyclic esters (lactones) is 1. The van der Waals surface area contributed by atoms with Crippen LogP contribution in [0.4, 0.5) is 0 Å². The molecule has 0 saturated carbocycles. The van der Waals surface area contributed by atoms with Crippen molar-refractivity contribution < 1.29 is 9.53 Å². The fourth-order valence-corrected chi connectivity index (χ4v) is 4.60. The van der Waals surface area contributed by atoms with Gasteiger partial charge in [-0.15, -0.1) is 0 Å². The molecule has 0 spiro atoms. The van der Waals surface area contributed by atoms with Gasteiger partial charge in [0.25, 0.3) is 0 Å². The summed E-state index contributed by atoms with van der Waals surface area (Å²) in [4.78, 5) is 11.6. The first-order chi connectivity index (χ1) is 9.83. The summed E-state index contributed by atoms with van der Waals surface area (Å²) in [5.41, 5.74) is 1.22. The summed E-state index contributed by atoms with van der Waals surface area (Å²) in [7, 11) is 0. The first-order valence-electron chi connectivity index (χ1n) is 6.75. The van der Waals surface area contributed by atoms with Crippen molar-refractivity contribution in [1.29, 1.82) is 0 Å². The Balaban J connectivity index is 1.69. The molecule has 2 aromatic carbocycles. The Morgan fingerprint density at radius 2 is 1.65 bits per heavy atom. The fraction of sp³-hybridized carbons (Fsp3) is 0.235. The molecular formula is C17H16O2Se. The molecule has 0 aromatic heterocycles. The van der Waals surface area contributed by atoms with Crippen LogP contribution in [-0.2, 0) is 9.53 Å². The number of benzene rings is 2. The minimum atomic E-state index is -0.0623. The Labute approximate surface area is 125 Å². The van der Waals surface area contributed by atoms with Gasteiger partial charge in [0, 0.05) is 0 Å². The Hall–Kier alpha value is -1.57. The standard InChI is InChI=1S/C17H16O2Se/c18-17-11-15(13-7-3-1-4-8-13)16(19-17)12-20-14-9-5-2-6-10-14/h1-10,15-16H,11-12H2. The van der Waals surface area contributed by atoms with Crippen LogP contribution in [0.5, 0.6) is 0 Å². The predicted molar refractivity (Wildman–Crippen MR) is 80.3 cm³/mol. The number of esters is 1. The summed E-state index contributed by atoms with van der Waals surface area (Å²) in [6.45, 7) is 0. The average Bonchev–Trinajstić information content (AvgIpc) is 2.88. The molecule has 1 aliphatic heterocycles. The van der Waals surface area contributed by atoms with Gasteiger partial charge in [-0.25, -0.2) is 0 Å². The van der Waals surface area contributed by atoms with Crippen LogP contribution in [0.25, 0.3) is 0 Å². The van der Waals surface area contributed by atoms with E-state index in [1.165, 1.54) is 10.0 Å². The van der Waals surface area contributed by atoms with Gasteiger partial charge in [-0.1, -0.05) is 0 Å². The molecule has 2 unspecified atom stereocenters. The molecule has 0 N–H and O–H groups in total. The molecule has 3 heteroatoms. The number of hydrogen-bond donors (Lipinski definition) is 0. The van der Waals surface area contributed by atoms with Crippen molar-refractivity contribution >= 4 is 25.4 Å². The summed E-state index contributed by atoms with van der Waals surface area (Å²) < 4.78 is 6.88. The summed E-state index contributed by atoms with van der Waals surface area (Å²) in [6.07, 6.45) is 0.546. The van der Waals surface area contributed by atoms with E-state index in [0.29, 0.717) is 21.4 Å². The summed E-state index contributed by atoms with van der Waals surface area (Å²) in [6, 6.07) is 20.7. The van der Waals surface area contributed by atoms with Gasteiger partial charge in [-0.3, -0.25) is 0 Å². The quantitative estimate of drug-likeness (QED) is 0.636. The zero-order chi connectivity index (χ0) is 13.8. The maximum atomic E-state index is 11.6. The summed E-state index contributed by atoms with van der Waals surface area (Å²) in [5, 5.41) is 0.947. The molecule has 3 rings (SSSR count). The molecule has 1 heterocycles. The molecule has 1 fully saturated rings. The van der Waals surface area contributed by atoms with Gasteiger partial charge in [-0.05, 0) is 0 Å². The molecule has 0 aliphatic carbocycles. The van der Waals surface area contributed by atoms with Gasteiger partial charge >= 0.3 is 125 Å². The summed E-state index contributed by atoms with van der Waals surface area (Å²) >= 11 is 0.351. The molecule has 2 nitrogen and oxygen atoms in total. The zero-order valence-electron chi connectivity index (χ0n) is 11.1. The van der Waals surface area contributed by atoms with Gasteiger partial charge in [0.05, 0.1) is 0 Å². The van der Waals surface area contributed by atoms with E-state index in [0.717, 1.165) is 5.32 Å². The first kappa shape index (κ1) is 13.4. The van der Waals surface area contributed by atoms with E-state index in [9.17, 15) is 4.79 Å². The fourth-order valence-electron chi connectivity index (χ4n) is 2.49. The topological polar surface area (TPSA) is 26.3 Å². The van der Waals surface area contributed by atoms with Crippen LogP contribution in [0.15, 0.2) is 60.7 Å². The van der Waals surface area contributed by atoms with E-state index in [-0.39, 0.29) is 18.0 Å². The van der Waals surface area contributed by atoms with Gasteiger partial charge in [-0.2, -0.15) is 0 Å². The van der Waals surface area contributed by atoms with E-state index in [2.05, 4.69) is 36.4 Å². The van der Waals surface area contributed by atoms with Gasteiger partial charge in [0.1, 0.15) is 0 Å². The van der Waals surface area contributed by atoms with Crippen LogP contribution in [-0.4, -0.2) is 27.0 Å². The average molecular weight is 331 g/mol. The third-order valence-electron chi connectivity index (χ3n) is 3.50. The number of carbonyl (C=O) groups is 1. The van der Waals surface area contributed by atoms with Crippen molar-refractivity contribution in [2.75, 3.05) is 0 Å². The SMILES string of the molecule is O=C1CC(c2ccccc2)C(C[Se]c2ccccc2)O1. The first-order valence-corrected chi connectivity index (χ1v) is 8.82. The predicted octanol–water partition coefficient (Wildman–Crippen LogP) is 2.53. The van der Waals surface area contributed by atoms with Crippen LogP contribution in [0.2, 0.25) is 5.32 Å². The van der Waals surface area contributed by atoms with Crippen molar-refractivity contribution in [2.45, 2.75) is 23.8 Å². The Morgan fingerprint density at radius 3 is 2.35 bits per heavy atom. The Morgan fingerprint density at radius 1 is 1.00 bits per heavy atom. The molecule has 2 aromatic rings. The number of rotatable bonds is 4. The van der Waals surface area contributed by atoms with E-state index in [1.54, 1.807) is 0 Å². The van der Waals surface area contributed by atoms with E-state index < -0.39 is 0 Å². The maximum absolute atomic E-state index is 11.6. The van der Waals surface area contributed by atoms with Gasteiger partial charge < -0.3 is 0 Å². The molecule has 1 saturated heterocycles. The molecule has 20 heavy (non-hydrogen) atoms. The van der Waals surface area contributed by atoms with Crippen molar-refractivity contribution in [3.63, 3.8) is 0 Å². The second kappa shape index (κ2) is 6.25. The van der Waals surface area contributed by atoms with Gasteiger partial charge in [0.2, 0.25) is 0 Å².